The summed E-state index contributed by atoms with van der Waals surface area (Å²) in [5.41, 5.74) is 2.32. The minimum Gasteiger partial charge on any atom is -0.379 e. The van der Waals surface area contributed by atoms with Gasteiger partial charge in [0.05, 0.1) is 18.0 Å². The monoisotopic (exact) mass is 357 g/mol. The summed E-state index contributed by atoms with van der Waals surface area (Å²) in [5, 5.41) is 11.1. The normalized spacial score (nSPS) is 13.5. The van der Waals surface area contributed by atoms with Gasteiger partial charge in [0, 0.05) is 33.4 Å². The first-order valence-corrected chi connectivity index (χ1v) is 9.00. The molecule has 6 nitrogen and oxygen atoms in total. The van der Waals surface area contributed by atoms with E-state index in [0.717, 1.165) is 24.6 Å². The predicted molar refractivity (Wildman–Crippen MR) is 107 cm³/mol. The number of aromatic nitrogens is 2. The van der Waals surface area contributed by atoms with Gasteiger partial charge in [-0.2, -0.15) is 5.10 Å². The molecule has 0 radical (unpaired) electrons. The number of hydrogen-bond donors (Lipinski definition) is 2. The van der Waals surface area contributed by atoms with Crippen molar-refractivity contribution in [1.82, 2.24) is 20.4 Å². The molecule has 2 rings (SSSR count). The Kier molecular flexibility index (Phi) is 7.21. The van der Waals surface area contributed by atoms with E-state index in [9.17, 15) is 0 Å². The fourth-order valence-corrected chi connectivity index (χ4v) is 2.69. The van der Waals surface area contributed by atoms with E-state index in [1.165, 1.54) is 5.56 Å². The lowest BCUT2D eigenvalue weighted by Crippen LogP contribution is -2.45. The Balaban J connectivity index is 1.80. The van der Waals surface area contributed by atoms with Gasteiger partial charge in [-0.25, -0.2) is 4.68 Å². The van der Waals surface area contributed by atoms with Crippen LogP contribution in [0.4, 0.5) is 0 Å². The summed E-state index contributed by atoms with van der Waals surface area (Å²) >= 11 is 0. The van der Waals surface area contributed by atoms with Crippen LogP contribution >= 0.6 is 0 Å². The SMILES string of the molecule is CN=C(NCCc1cnn(-c2ccccc2)c1)NCC(OC)C(C)(C)C. The zero-order chi connectivity index (χ0) is 19.0. The summed E-state index contributed by atoms with van der Waals surface area (Å²) in [7, 11) is 3.53. The van der Waals surface area contributed by atoms with E-state index in [1.54, 1.807) is 14.2 Å². The second kappa shape index (κ2) is 9.38. The topological polar surface area (TPSA) is 63.5 Å². The second-order valence-electron chi connectivity index (χ2n) is 7.35. The minimum atomic E-state index is 0.0760. The zero-order valence-electron chi connectivity index (χ0n) is 16.5. The van der Waals surface area contributed by atoms with Gasteiger partial charge in [-0.1, -0.05) is 39.0 Å². The summed E-state index contributed by atoms with van der Waals surface area (Å²) in [6, 6.07) is 10.1. The van der Waals surface area contributed by atoms with E-state index in [0.29, 0.717) is 6.54 Å². The lowest BCUT2D eigenvalue weighted by Gasteiger charge is -2.30. The minimum absolute atomic E-state index is 0.0760. The van der Waals surface area contributed by atoms with Crippen LogP contribution < -0.4 is 10.6 Å². The smallest absolute Gasteiger partial charge is 0.191 e. The first-order chi connectivity index (χ1) is 12.4. The van der Waals surface area contributed by atoms with Gasteiger partial charge in [0.2, 0.25) is 0 Å². The largest absolute Gasteiger partial charge is 0.379 e. The molecule has 1 heterocycles. The molecule has 142 valence electrons. The van der Waals surface area contributed by atoms with Gasteiger partial charge in [0.25, 0.3) is 0 Å². The van der Waals surface area contributed by atoms with Crippen molar-refractivity contribution in [3.05, 3.63) is 48.3 Å². The highest BCUT2D eigenvalue weighted by atomic mass is 16.5. The van der Waals surface area contributed by atoms with E-state index in [4.69, 9.17) is 4.74 Å². The maximum atomic E-state index is 5.57. The quantitative estimate of drug-likeness (QED) is 0.591. The molecule has 0 fully saturated rings. The molecular formula is C20H31N5O. The van der Waals surface area contributed by atoms with Crippen LogP contribution in [0.2, 0.25) is 0 Å². The number of nitrogens with zero attached hydrogens (tertiary/aromatic N) is 3. The third-order valence-corrected chi connectivity index (χ3v) is 4.29. The first kappa shape index (κ1) is 20.0. The molecule has 0 aliphatic carbocycles. The van der Waals surface area contributed by atoms with Gasteiger partial charge in [-0.15, -0.1) is 0 Å². The number of guanidine groups is 1. The number of ether oxygens (including phenoxy) is 1. The summed E-state index contributed by atoms with van der Waals surface area (Å²) in [4.78, 5) is 4.28. The van der Waals surface area contributed by atoms with Crippen molar-refractivity contribution < 1.29 is 4.74 Å². The number of methoxy groups -OCH3 is 1. The zero-order valence-corrected chi connectivity index (χ0v) is 16.5. The Labute approximate surface area is 156 Å². The molecule has 0 saturated carbocycles. The molecule has 1 aromatic carbocycles. The van der Waals surface area contributed by atoms with Crippen LogP contribution in [0.25, 0.3) is 5.69 Å². The molecule has 0 aliphatic rings. The number of para-hydroxylation sites is 1. The van der Waals surface area contributed by atoms with E-state index >= 15 is 0 Å². The molecule has 0 bridgehead atoms. The van der Waals surface area contributed by atoms with Crippen molar-refractivity contribution in [2.45, 2.75) is 33.3 Å². The van der Waals surface area contributed by atoms with Gasteiger partial charge in [-0.05, 0) is 29.5 Å². The molecule has 1 atom stereocenters. The van der Waals surface area contributed by atoms with Crippen LogP contribution in [0.1, 0.15) is 26.3 Å². The van der Waals surface area contributed by atoms with E-state index in [-0.39, 0.29) is 11.5 Å². The average Bonchev–Trinajstić information content (AvgIpc) is 3.09. The van der Waals surface area contributed by atoms with Crippen molar-refractivity contribution in [3.63, 3.8) is 0 Å². The molecule has 0 saturated heterocycles. The van der Waals surface area contributed by atoms with Gasteiger partial charge in [0.15, 0.2) is 5.96 Å². The fraction of sp³-hybridized carbons (Fsp3) is 0.500. The van der Waals surface area contributed by atoms with Crippen molar-refractivity contribution in [3.8, 4) is 5.69 Å². The molecule has 1 aromatic heterocycles. The van der Waals surface area contributed by atoms with Gasteiger partial charge in [-0.3, -0.25) is 4.99 Å². The second-order valence-corrected chi connectivity index (χ2v) is 7.35. The number of benzene rings is 1. The molecule has 0 spiro atoms. The third kappa shape index (κ3) is 5.88. The highest BCUT2D eigenvalue weighted by Crippen LogP contribution is 2.20. The maximum Gasteiger partial charge on any atom is 0.191 e. The number of rotatable bonds is 7. The standard InChI is InChI=1S/C20H31N5O/c1-20(2,3)18(26-5)14-23-19(21-4)22-12-11-16-13-24-25(15-16)17-9-7-6-8-10-17/h6-10,13,15,18H,11-12,14H2,1-5H3,(H2,21,22,23). The van der Waals surface area contributed by atoms with Crippen molar-refractivity contribution in [1.29, 1.82) is 0 Å². The Bertz CT molecular complexity index is 688. The lowest BCUT2D eigenvalue weighted by atomic mass is 9.89. The fourth-order valence-electron chi connectivity index (χ4n) is 2.69. The molecule has 0 aliphatic heterocycles. The number of hydrogen-bond acceptors (Lipinski definition) is 3. The van der Waals surface area contributed by atoms with E-state index in [1.807, 2.05) is 41.2 Å². The lowest BCUT2D eigenvalue weighted by molar-refractivity contribution is 0.0205. The van der Waals surface area contributed by atoms with Crippen LogP contribution in [-0.4, -0.2) is 49.1 Å². The highest BCUT2D eigenvalue weighted by Gasteiger charge is 2.24. The molecule has 6 heteroatoms. The summed E-state index contributed by atoms with van der Waals surface area (Å²) in [6.45, 7) is 8.01. The van der Waals surface area contributed by atoms with Crippen molar-refractivity contribution in [2.75, 3.05) is 27.2 Å². The van der Waals surface area contributed by atoms with Crippen molar-refractivity contribution >= 4 is 5.96 Å². The van der Waals surface area contributed by atoms with Gasteiger partial charge in [0.1, 0.15) is 0 Å². The van der Waals surface area contributed by atoms with Crippen LogP contribution in [0.5, 0.6) is 0 Å². The maximum absolute atomic E-state index is 5.57. The molecule has 0 amide bonds. The first-order valence-electron chi connectivity index (χ1n) is 9.00. The predicted octanol–water partition coefficient (Wildman–Crippen LogP) is 2.64. The molecule has 26 heavy (non-hydrogen) atoms. The van der Waals surface area contributed by atoms with Crippen LogP contribution in [0, 0.1) is 5.41 Å². The van der Waals surface area contributed by atoms with E-state index in [2.05, 4.69) is 47.7 Å². The Morgan fingerprint density at radius 2 is 1.96 bits per heavy atom. The Morgan fingerprint density at radius 3 is 2.58 bits per heavy atom. The van der Waals surface area contributed by atoms with Crippen LogP contribution in [-0.2, 0) is 11.2 Å². The summed E-state index contributed by atoms with van der Waals surface area (Å²) in [6.07, 6.45) is 4.96. The molecule has 2 aromatic rings. The highest BCUT2D eigenvalue weighted by molar-refractivity contribution is 5.79. The number of nitrogens with one attached hydrogen (secondary N) is 2. The molecular weight excluding hydrogens is 326 g/mol. The molecule has 1 unspecified atom stereocenters. The van der Waals surface area contributed by atoms with Crippen LogP contribution in [0.15, 0.2) is 47.7 Å². The number of aliphatic imine (C=N–C) groups is 1. The molecule has 2 N–H and O–H groups in total. The van der Waals surface area contributed by atoms with E-state index < -0.39 is 0 Å². The Hall–Kier alpha value is -2.34. The average molecular weight is 358 g/mol. The van der Waals surface area contributed by atoms with Crippen molar-refractivity contribution in [2.24, 2.45) is 10.4 Å². The van der Waals surface area contributed by atoms with Gasteiger partial charge < -0.3 is 15.4 Å². The van der Waals surface area contributed by atoms with Gasteiger partial charge >= 0.3 is 0 Å². The summed E-state index contributed by atoms with van der Waals surface area (Å²) in [5.74, 6) is 0.784. The van der Waals surface area contributed by atoms with Crippen LogP contribution in [0.3, 0.4) is 0 Å². The third-order valence-electron chi connectivity index (χ3n) is 4.29. The summed E-state index contributed by atoms with van der Waals surface area (Å²) < 4.78 is 7.47. The Morgan fingerprint density at radius 1 is 1.23 bits per heavy atom.